The molecular formula is C25H23F2N5O. The summed E-state index contributed by atoms with van der Waals surface area (Å²) in [5.74, 6) is -0.990. The van der Waals surface area contributed by atoms with Crippen LogP contribution in [0.5, 0.6) is 0 Å². The van der Waals surface area contributed by atoms with Gasteiger partial charge in [-0.05, 0) is 69.5 Å². The largest absolute Gasteiger partial charge is 0.344 e. The van der Waals surface area contributed by atoms with Crippen molar-refractivity contribution in [1.29, 1.82) is 0 Å². The highest BCUT2D eigenvalue weighted by Crippen LogP contribution is 2.29. The van der Waals surface area contributed by atoms with Gasteiger partial charge in [0, 0.05) is 22.5 Å². The van der Waals surface area contributed by atoms with Gasteiger partial charge in [-0.25, -0.2) is 18.1 Å². The fraction of sp³-hybridized carbons (Fsp3) is 0.240. The molecule has 1 unspecified atom stereocenters. The summed E-state index contributed by atoms with van der Waals surface area (Å²) in [7, 11) is 0. The predicted molar refractivity (Wildman–Crippen MR) is 120 cm³/mol. The third kappa shape index (κ3) is 3.71. The van der Waals surface area contributed by atoms with E-state index in [1.54, 1.807) is 45.9 Å². The van der Waals surface area contributed by atoms with Crippen molar-refractivity contribution in [2.45, 2.75) is 39.2 Å². The molecular weight excluding hydrogens is 424 g/mol. The van der Waals surface area contributed by atoms with Gasteiger partial charge >= 0.3 is 0 Å². The number of carbonyl (C=O) groups excluding carboxylic acids is 1. The van der Waals surface area contributed by atoms with Crippen LogP contribution in [0.2, 0.25) is 0 Å². The molecule has 168 valence electrons. The van der Waals surface area contributed by atoms with Crippen molar-refractivity contribution < 1.29 is 13.6 Å². The third-order valence-electron chi connectivity index (χ3n) is 6.16. The molecule has 1 aliphatic rings. The Bertz CT molecular complexity index is 1340. The van der Waals surface area contributed by atoms with Crippen molar-refractivity contribution in [3.63, 3.8) is 0 Å². The van der Waals surface area contributed by atoms with Crippen LogP contribution in [-0.2, 0) is 12.8 Å². The average molecular weight is 447 g/mol. The normalized spacial score (nSPS) is 13.7. The molecule has 1 atom stereocenters. The Morgan fingerprint density at radius 3 is 2.58 bits per heavy atom. The molecule has 4 aromatic rings. The van der Waals surface area contributed by atoms with E-state index >= 15 is 0 Å². The molecule has 0 saturated heterocycles. The SMILES string of the molecule is Cc1c(C(C)NC(=O)c2nn(-c3ccccc3F)c3c2CCC3)cnn1-c1ccc(F)cc1. The topological polar surface area (TPSA) is 64.7 Å². The van der Waals surface area contributed by atoms with E-state index in [2.05, 4.69) is 15.5 Å². The summed E-state index contributed by atoms with van der Waals surface area (Å²) in [5.41, 5.74) is 4.87. The van der Waals surface area contributed by atoms with Crippen LogP contribution in [0.3, 0.4) is 0 Å². The number of nitrogens with zero attached hydrogens (tertiary/aromatic N) is 4. The van der Waals surface area contributed by atoms with Gasteiger partial charge in [0.2, 0.25) is 0 Å². The van der Waals surface area contributed by atoms with Gasteiger partial charge in [0.1, 0.15) is 17.3 Å². The molecule has 0 aliphatic heterocycles. The Hall–Kier alpha value is -3.81. The van der Waals surface area contributed by atoms with E-state index < -0.39 is 0 Å². The van der Waals surface area contributed by atoms with Crippen LogP contribution in [0.4, 0.5) is 8.78 Å². The molecule has 8 heteroatoms. The van der Waals surface area contributed by atoms with E-state index in [1.807, 2.05) is 13.8 Å². The zero-order valence-corrected chi connectivity index (χ0v) is 18.3. The summed E-state index contributed by atoms with van der Waals surface area (Å²) in [6, 6.07) is 12.2. The van der Waals surface area contributed by atoms with Crippen molar-refractivity contribution in [3.05, 3.63) is 94.6 Å². The molecule has 33 heavy (non-hydrogen) atoms. The number of nitrogens with one attached hydrogen (secondary N) is 1. The quantitative estimate of drug-likeness (QED) is 0.485. The number of hydrogen-bond acceptors (Lipinski definition) is 3. The average Bonchev–Trinajstić information content (AvgIpc) is 3.50. The lowest BCUT2D eigenvalue weighted by molar-refractivity contribution is 0.0933. The molecule has 0 saturated carbocycles. The van der Waals surface area contributed by atoms with Crippen LogP contribution in [-0.4, -0.2) is 25.5 Å². The Labute approximate surface area is 189 Å². The molecule has 6 nitrogen and oxygen atoms in total. The third-order valence-corrected chi connectivity index (χ3v) is 6.16. The summed E-state index contributed by atoms with van der Waals surface area (Å²) in [6.45, 7) is 3.78. The lowest BCUT2D eigenvalue weighted by Gasteiger charge is -2.14. The highest BCUT2D eigenvalue weighted by molar-refractivity contribution is 5.94. The zero-order chi connectivity index (χ0) is 23.1. The Morgan fingerprint density at radius 1 is 1.06 bits per heavy atom. The van der Waals surface area contributed by atoms with Crippen LogP contribution in [0.1, 0.15) is 52.4 Å². The first kappa shape index (κ1) is 21.1. The van der Waals surface area contributed by atoms with Gasteiger partial charge in [-0.15, -0.1) is 0 Å². The van der Waals surface area contributed by atoms with Crippen molar-refractivity contribution in [1.82, 2.24) is 24.9 Å². The Kier molecular flexibility index (Phi) is 5.28. The van der Waals surface area contributed by atoms with Gasteiger partial charge in [0.25, 0.3) is 5.91 Å². The number of fused-ring (bicyclic) bond motifs is 1. The molecule has 1 N–H and O–H groups in total. The van der Waals surface area contributed by atoms with Crippen LogP contribution < -0.4 is 5.32 Å². The first-order valence-electron chi connectivity index (χ1n) is 10.9. The highest BCUT2D eigenvalue weighted by Gasteiger charge is 2.29. The maximum atomic E-state index is 14.4. The van der Waals surface area contributed by atoms with Crippen molar-refractivity contribution in [3.8, 4) is 11.4 Å². The highest BCUT2D eigenvalue weighted by atomic mass is 19.1. The first-order valence-corrected chi connectivity index (χ1v) is 10.9. The van der Waals surface area contributed by atoms with Gasteiger partial charge in [0.05, 0.1) is 17.9 Å². The first-order chi connectivity index (χ1) is 15.9. The van der Waals surface area contributed by atoms with Crippen LogP contribution >= 0.6 is 0 Å². The van der Waals surface area contributed by atoms with Crippen LogP contribution in [0.15, 0.2) is 54.7 Å². The van der Waals surface area contributed by atoms with Crippen molar-refractivity contribution in [2.24, 2.45) is 0 Å². The Balaban J connectivity index is 1.41. The molecule has 0 fully saturated rings. The molecule has 0 radical (unpaired) electrons. The fourth-order valence-corrected chi connectivity index (χ4v) is 4.48. The molecule has 0 spiro atoms. The van der Waals surface area contributed by atoms with E-state index in [-0.39, 0.29) is 23.6 Å². The lowest BCUT2D eigenvalue weighted by atomic mass is 10.1. The maximum absolute atomic E-state index is 14.4. The van der Waals surface area contributed by atoms with Gasteiger partial charge in [0.15, 0.2) is 5.69 Å². The number of aromatic nitrogens is 4. The molecule has 1 amide bonds. The van der Waals surface area contributed by atoms with Gasteiger partial charge < -0.3 is 5.32 Å². The monoisotopic (exact) mass is 447 g/mol. The summed E-state index contributed by atoms with van der Waals surface area (Å²) >= 11 is 0. The summed E-state index contributed by atoms with van der Waals surface area (Å²) in [6.07, 6.45) is 4.10. The van der Waals surface area contributed by atoms with E-state index in [4.69, 9.17) is 0 Å². The summed E-state index contributed by atoms with van der Waals surface area (Å²) in [5, 5.41) is 11.9. The van der Waals surface area contributed by atoms with Gasteiger partial charge in [-0.3, -0.25) is 4.79 Å². The number of amides is 1. The summed E-state index contributed by atoms with van der Waals surface area (Å²) in [4.78, 5) is 13.2. The molecule has 0 bridgehead atoms. The molecule has 5 rings (SSSR count). The van der Waals surface area contributed by atoms with Gasteiger partial charge in [-0.1, -0.05) is 12.1 Å². The second-order valence-corrected chi connectivity index (χ2v) is 8.26. The number of hydrogen-bond donors (Lipinski definition) is 1. The van der Waals surface area contributed by atoms with E-state index in [1.165, 1.54) is 18.2 Å². The molecule has 2 heterocycles. The standard InChI is InChI=1S/C25H23F2N5O/c1-15(20-14-28-31(16(20)2)18-12-10-17(26)11-13-18)29-25(33)24-19-6-5-9-22(19)32(30-24)23-8-4-3-7-21(23)27/h3-4,7-8,10-15H,5-6,9H2,1-2H3,(H,29,33). The minimum atomic E-state index is -0.376. The minimum Gasteiger partial charge on any atom is -0.344 e. The summed E-state index contributed by atoms with van der Waals surface area (Å²) < 4.78 is 30.9. The molecule has 2 aromatic heterocycles. The minimum absolute atomic E-state index is 0.301. The zero-order valence-electron chi connectivity index (χ0n) is 18.3. The molecule has 1 aliphatic carbocycles. The number of carbonyl (C=O) groups is 1. The maximum Gasteiger partial charge on any atom is 0.272 e. The van der Waals surface area contributed by atoms with Gasteiger partial charge in [-0.2, -0.15) is 10.2 Å². The Morgan fingerprint density at radius 2 is 1.82 bits per heavy atom. The lowest BCUT2D eigenvalue weighted by Crippen LogP contribution is -2.28. The second kappa shape index (κ2) is 8.27. The number of halogens is 2. The van der Waals surface area contributed by atoms with Crippen LogP contribution in [0.25, 0.3) is 11.4 Å². The van der Waals surface area contributed by atoms with Crippen molar-refractivity contribution in [2.75, 3.05) is 0 Å². The number of para-hydroxylation sites is 1. The van der Waals surface area contributed by atoms with Crippen LogP contribution in [0, 0.1) is 18.6 Å². The smallest absolute Gasteiger partial charge is 0.272 e. The molecule has 2 aromatic carbocycles. The van der Waals surface area contributed by atoms with E-state index in [9.17, 15) is 13.6 Å². The number of benzene rings is 2. The van der Waals surface area contributed by atoms with E-state index in [0.717, 1.165) is 47.5 Å². The predicted octanol–water partition coefficient (Wildman–Crippen LogP) is 4.62. The van der Waals surface area contributed by atoms with E-state index in [0.29, 0.717) is 11.4 Å². The van der Waals surface area contributed by atoms with Crippen molar-refractivity contribution >= 4 is 5.91 Å². The number of rotatable bonds is 5. The second-order valence-electron chi connectivity index (χ2n) is 8.26. The fourth-order valence-electron chi connectivity index (χ4n) is 4.48.